The number of benzene rings is 2. The van der Waals surface area contributed by atoms with Crippen LogP contribution in [0.3, 0.4) is 0 Å². The molecule has 1 atom stereocenters. The van der Waals surface area contributed by atoms with Gasteiger partial charge in [0.25, 0.3) is 0 Å². The van der Waals surface area contributed by atoms with Gasteiger partial charge in [0.2, 0.25) is 5.91 Å². The van der Waals surface area contributed by atoms with Crippen LogP contribution in [-0.4, -0.2) is 31.7 Å². The Morgan fingerprint density at radius 2 is 2.00 bits per heavy atom. The van der Waals surface area contributed by atoms with Crippen molar-refractivity contribution < 1.29 is 9.59 Å². The minimum Gasteiger partial charge on any atom is -0.325 e. The highest BCUT2D eigenvalue weighted by Crippen LogP contribution is 2.28. The molecule has 30 heavy (non-hydrogen) atoms. The van der Waals surface area contributed by atoms with Gasteiger partial charge in [-0.15, -0.1) is 16.8 Å². The molecular weight excluding hydrogens is 420 g/mol. The van der Waals surface area contributed by atoms with Gasteiger partial charge in [-0.25, -0.2) is 0 Å². The van der Waals surface area contributed by atoms with Crippen LogP contribution in [0.5, 0.6) is 0 Å². The number of anilines is 1. The van der Waals surface area contributed by atoms with Gasteiger partial charge in [-0.3, -0.25) is 14.2 Å². The maximum Gasteiger partial charge on any atom is 0.237 e. The number of hydrogen-bond acceptors (Lipinski definition) is 5. The first-order chi connectivity index (χ1) is 14.4. The van der Waals surface area contributed by atoms with Crippen molar-refractivity contribution in [2.45, 2.75) is 30.8 Å². The normalized spacial score (nSPS) is 11.7. The lowest BCUT2D eigenvalue weighted by molar-refractivity contribution is -0.115. The fourth-order valence-electron chi connectivity index (χ4n) is 2.78. The number of hydrogen-bond donors (Lipinski definition) is 1. The zero-order chi connectivity index (χ0) is 21.7. The molecule has 1 aromatic heterocycles. The lowest BCUT2D eigenvalue weighted by atomic mass is 10.1. The van der Waals surface area contributed by atoms with Crippen LogP contribution >= 0.6 is 23.4 Å². The molecule has 3 aromatic rings. The first-order valence-corrected chi connectivity index (χ1v) is 10.5. The van der Waals surface area contributed by atoms with E-state index in [9.17, 15) is 9.59 Å². The molecule has 3 rings (SSSR count). The first kappa shape index (κ1) is 21.8. The number of amides is 1. The molecule has 0 saturated carbocycles. The van der Waals surface area contributed by atoms with Crippen LogP contribution < -0.4 is 5.32 Å². The molecule has 6 nitrogen and oxygen atoms in total. The number of thioether (sulfide) groups is 1. The summed E-state index contributed by atoms with van der Waals surface area (Å²) >= 11 is 7.40. The molecule has 0 spiro atoms. The van der Waals surface area contributed by atoms with E-state index in [-0.39, 0.29) is 11.7 Å². The zero-order valence-corrected chi connectivity index (χ0v) is 18.2. The Morgan fingerprint density at radius 3 is 2.70 bits per heavy atom. The van der Waals surface area contributed by atoms with Gasteiger partial charge in [0, 0.05) is 28.4 Å². The Bertz CT molecular complexity index is 1100. The second-order valence-electron chi connectivity index (χ2n) is 6.60. The van der Waals surface area contributed by atoms with Crippen molar-refractivity contribution in [2.75, 3.05) is 5.32 Å². The first-order valence-electron chi connectivity index (χ1n) is 9.27. The fraction of sp³-hybridized carbons (Fsp3) is 0.182. The minimum absolute atomic E-state index is 0.0559. The van der Waals surface area contributed by atoms with Crippen LogP contribution in [0.15, 0.2) is 66.3 Å². The van der Waals surface area contributed by atoms with Gasteiger partial charge in [0.15, 0.2) is 16.8 Å². The van der Waals surface area contributed by atoms with Crippen molar-refractivity contribution in [3.8, 4) is 11.4 Å². The van der Waals surface area contributed by atoms with E-state index in [1.165, 1.54) is 18.7 Å². The average molecular weight is 441 g/mol. The van der Waals surface area contributed by atoms with Crippen LogP contribution in [0.4, 0.5) is 5.69 Å². The number of carbonyl (C=O) groups is 2. The van der Waals surface area contributed by atoms with Gasteiger partial charge >= 0.3 is 0 Å². The van der Waals surface area contributed by atoms with Crippen molar-refractivity contribution >= 4 is 40.7 Å². The molecule has 0 aliphatic heterocycles. The summed E-state index contributed by atoms with van der Waals surface area (Å²) in [4.78, 5) is 24.2. The molecular formula is C22H21ClN4O2S. The number of halogens is 1. The molecule has 0 aliphatic rings. The number of nitrogens with one attached hydrogen (secondary N) is 1. The number of allylic oxidation sites excluding steroid dienone is 1. The third-order valence-corrected chi connectivity index (χ3v) is 5.61. The molecule has 2 aromatic carbocycles. The van der Waals surface area contributed by atoms with E-state index in [2.05, 4.69) is 22.1 Å². The number of aromatic nitrogens is 3. The molecule has 1 N–H and O–H groups in total. The van der Waals surface area contributed by atoms with E-state index in [1.54, 1.807) is 43.3 Å². The quantitative estimate of drug-likeness (QED) is 0.299. The summed E-state index contributed by atoms with van der Waals surface area (Å²) < 4.78 is 1.89. The van der Waals surface area contributed by atoms with Crippen molar-refractivity contribution in [1.82, 2.24) is 14.8 Å². The third kappa shape index (κ3) is 5.17. The summed E-state index contributed by atoms with van der Waals surface area (Å²) in [6.07, 6.45) is 1.75. The highest BCUT2D eigenvalue weighted by atomic mass is 35.5. The Hall–Kier alpha value is -2.90. The smallest absolute Gasteiger partial charge is 0.237 e. The molecule has 0 radical (unpaired) electrons. The predicted molar refractivity (Wildman–Crippen MR) is 121 cm³/mol. The summed E-state index contributed by atoms with van der Waals surface area (Å²) in [6.45, 7) is 7.58. The second kappa shape index (κ2) is 9.73. The SMILES string of the molecule is C=CCn1c(SC(C)C(=O)Nc2cccc(C(C)=O)c2)nnc1-c1cccc(Cl)c1. The van der Waals surface area contributed by atoms with Crippen LogP contribution in [0, 0.1) is 0 Å². The molecule has 0 aliphatic carbocycles. The maximum absolute atomic E-state index is 12.7. The number of carbonyl (C=O) groups excluding carboxylic acids is 2. The second-order valence-corrected chi connectivity index (χ2v) is 8.35. The average Bonchev–Trinajstić information content (AvgIpc) is 3.10. The van der Waals surface area contributed by atoms with Gasteiger partial charge in [0.05, 0.1) is 5.25 Å². The van der Waals surface area contributed by atoms with Crippen molar-refractivity contribution in [2.24, 2.45) is 0 Å². The Labute approximate surface area is 184 Å². The standard InChI is InChI=1S/C22H21ClN4O2S/c1-4-11-27-20(17-8-5-9-18(23)12-17)25-26-22(27)30-15(3)21(29)24-19-10-6-7-16(13-19)14(2)28/h4-10,12-13,15H,1,11H2,2-3H3,(H,24,29). The number of ketones is 1. The highest BCUT2D eigenvalue weighted by Gasteiger charge is 2.21. The van der Waals surface area contributed by atoms with E-state index in [0.717, 1.165) is 5.56 Å². The predicted octanol–water partition coefficient (Wildman–Crippen LogP) is 5.11. The van der Waals surface area contributed by atoms with Gasteiger partial charge in [-0.2, -0.15) is 0 Å². The van der Waals surface area contributed by atoms with Crippen molar-refractivity contribution in [3.63, 3.8) is 0 Å². The molecule has 154 valence electrons. The topological polar surface area (TPSA) is 76.9 Å². The number of rotatable bonds is 8. The Balaban J connectivity index is 1.78. The summed E-state index contributed by atoms with van der Waals surface area (Å²) in [5, 5.41) is 12.2. The molecule has 1 unspecified atom stereocenters. The van der Waals surface area contributed by atoms with E-state index in [1.807, 2.05) is 22.8 Å². The zero-order valence-electron chi connectivity index (χ0n) is 16.6. The highest BCUT2D eigenvalue weighted by molar-refractivity contribution is 8.00. The third-order valence-electron chi connectivity index (χ3n) is 4.30. The molecule has 8 heteroatoms. The monoisotopic (exact) mass is 440 g/mol. The molecule has 1 heterocycles. The summed E-state index contributed by atoms with van der Waals surface area (Å²) in [7, 11) is 0. The summed E-state index contributed by atoms with van der Waals surface area (Å²) in [5.41, 5.74) is 1.96. The van der Waals surface area contributed by atoms with E-state index in [0.29, 0.717) is 33.8 Å². The lowest BCUT2D eigenvalue weighted by Crippen LogP contribution is -2.23. The van der Waals surface area contributed by atoms with Gasteiger partial charge < -0.3 is 5.32 Å². The van der Waals surface area contributed by atoms with Crippen molar-refractivity contribution in [3.05, 3.63) is 71.8 Å². The molecule has 0 saturated heterocycles. The fourth-order valence-corrected chi connectivity index (χ4v) is 3.83. The van der Waals surface area contributed by atoms with Gasteiger partial charge in [-0.05, 0) is 38.1 Å². The minimum atomic E-state index is -0.439. The summed E-state index contributed by atoms with van der Waals surface area (Å²) in [6, 6.07) is 14.2. The van der Waals surface area contributed by atoms with Crippen LogP contribution in [0.2, 0.25) is 5.02 Å². The van der Waals surface area contributed by atoms with Gasteiger partial charge in [-0.1, -0.05) is 53.7 Å². The largest absolute Gasteiger partial charge is 0.325 e. The number of nitrogens with zero attached hydrogens (tertiary/aromatic N) is 3. The molecule has 0 fully saturated rings. The van der Waals surface area contributed by atoms with Crippen molar-refractivity contribution in [1.29, 1.82) is 0 Å². The van der Waals surface area contributed by atoms with Crippen LogP contribution in [0.25, 0.3) is 11.4 Å². The van der Waals surface area contributed by atoms with Gasteiger partial charge in [0.1, 0.15) is 0 Å². The van der Waals surface area contributed by atoms with E-state index < -0.39 is 5.25 Å². The Kier molecular flexibility index (Phi) is 7.07. The maximum atomic E-state index is 12.7. The number of Topliss-reactive ketones (excluding diaryl/α,β-unsaturated/α-hetero) is 1. The van der Waals surface area contributed by atoms with Crippen LogP contribution in [0.1, 0.15) is 24.2 Å². The summed E-state index contributed by atoms with van der Waals surface area (Å²) in [5.74, 6) is 0.402. The lowest BCUT2D eigenvalue weighted by Gasteiger charge is -2.13. The molecule has 1 amide bonds. The molecule has 0 bridgehead atoms. The Morgan fingerprint density at radius 1 is 1.23 bits per heavy atom. The van der Waals surface area contributed by atoms with E-state index >= 15 is 0 Å². The van der Waals surface area contributed by atoms with Crippen LogP contribution in [-0.2, 0) is 11.3 Å². The van der Waals surface area contributed by atoms with E-state index in [4.69, 9.17) is 11.6 Å².